The van der Waals surface area contributed by atoms with Crippen LogP contribution in [-0.2, 0) is 11.3 Å². The Morgan fingerprint density at radius 2 is 2.09 bits per heavy atom. The van der Waals surface area contributed by atoms with E-state index in [-0.39, 0.29) is 11.9 Å². The second-order valence-corrected chi connectivity index (χ2v) is 8.27. The summed E-state index contributed by atoms with van der Waals surface area (Å²) in [6.07, 6.45) is 8.03. The molecule has 2 aliphatic rings. The highest BCUT2D eigenvalue weighted by Crippen LogP contribution is 2.38. The molecule has 0 spiro atoms. The molecule has 1 aromatic carbocycles. The number of aromatic nitrogens is 5. The number of aryl methyl sites for hydroxylation is 1. The van der Waals surface area contributed by atoms with Crippen molar-refractivity contribution in [3.8, 4) is 28.4 Å². The number of carbonyl (C=O) groups excluding carboxylic acids is 1. The van der Waals surface area contributed by atoms with E-state index in [1.165, 1.54) is 0 Å². The zero-order valence-corrected chi connectivity index (χ0v) is 17.5. The van der Waals surface area contributed by atoms with Crippen LogP contribution < -0.4 is 15.4 Å². The van der Waals surface area contributed by atoms with E-state index in [9.17, 15) is 4.79 Å². The summed E-state index contributed by atoms with van der Waals surface area (Å²) in [4.78, 5) is 23.6. The van der Waals surface area contributed by atoms with E-state index in [2.05, 4.69) is 24.6 Å². The molecule has 32 heavy (non-hydrogen) atoms. The molecule has 1 saturated heterocycles. The van der Waals surface area contributed by atoms with Crippen molar-refractivity contribution in [2.75, 3.05) is 18.1 Å². The van der Waals surface area contributed by atoms with Gasteiger partial charge in [-0.25, -0.2) is 4.98 Å². The SMILES string of the molecule is NC(=O)[C@@H]1CCCN1c1cc2c3c(c1)nc(-c1ccc(-c4cn[nH]c4)nc1)n3CCCO2. The van der Waals surface area contributed by atoms with Crippen LogP contribution in [0.25, 0.3) is 33.7 Å². The smallest absolute Gasteiger partial charge is 0.240 e. The van der Waals surface area contributed by atoms with Crippen molar-refractivity contribution in [3.63, 3.8) is 0 Å². The molecule has 5 heterocycles. The molecule has 0 saturated carbocycles. The summed E-state index contributed by atoms with van der Waals surface area (Å²) in [6, 6.07) is 7.80. The van der Waals surface area contributed by atoms with Crippen molar-refractivity contribution in [3.05, 3.63) is 42.9 Å². The Morgan fingerprint density at radius 3 is 2.88 bits per heavy atom. The van der Waals surface area contributed by atoms with Gasteiger partial charge in [0, 0.05) is 48.4 Å². The minimum absolute atomic E-state index is 0.286. The fourth-order valence-electron chi connectivity index (χ4n) is 4.79. The van der Waals surface area contributed by atoms with E-state index in [0.29, 0.717) is 6.61 Å². The Morgan fingerprint density at radius 1 is 1.16 bits per heavy atom. The Kier molecular flexibility index (Phi) is 4.34. The van der Waals surface area contributed by atoms with Gasteiger partial charge in [0.15, 0.2) is 0 Å². The third-order valence-corrected chi connectivity index (χ3v) is 6.30. The van der Waals surface area contributed by atoms with E-state index in [1.54, 1.807) is 6.20 Å². The number of nitrogens with one attached hydrogen (secondary N) is 1. The maximum absolute atomic E-state index is 11.9. The first kappa shape index (κ1) is 18.9. The van der Waals surface area contributed by atoms with Crippen molar-refractivity contribution in [2.45, 2.75) is 31.8 Å². The van der Waals surface area contributed by atoms with Crippen molar-refractivity contribution in [1.82, 2.24) is 24.7 Å². The van der Waals surface area contributed by atoms with Gasteiger partial charge >= 0.3 is 0 Å². The molecule has 0 unspecified atom stereocenters. The molecule has 9 nitrogen and oxygen atoms in total. The van der Waals surface area contributed by atoms with Crippen LogP contribution in [0.1, 0.15) is 19.3 Å². The highest BCUT2D eigenvalue weighted by molar-refractivity contribution is 5.91. The van der Waals surface area contributed by atoms with Gasteiger partial charge in [-0.2, -0.15) is 5.10 Å². The molecule has 1 atom stereocenters. The summed E-state index contributed by atoms with van der Waals surface area (Å²) >= 11 is 0. The number of anilines is 1. The highest BCUT2D eigenvalue weighted by atomic mass is 16.5. The van der Waals surface area contributed by atoms with Gasteiger partial charge in [-0.15, -0.1) is 0 Å². The predicted octanol–water partition coefficient (Wildman–Crippen LogP) is 2.73. The largest absolute Gasteiger partial charge is 0.491 e. The minimum Gasteiger partial charge on any atom is -0.491 e. The van der Waals surface area contributed by atoms with Gasteiger partial charge in [0.25, 0.3) is 0 Å². The second-order valence-electron chi connectivity index (χ2n) is 8.27. The van der Waals surface area contributed by atoms with Crippen molar-refractivity contribution in [2.24, 2.45) is 5.73 Å². The van der Waals surface area contributed by atoms with Crippen LogP contribution in [0.4, 0.5) is 5.69 Å². The Hall–Kier alpha value is -3.88. The van der Waals surface area contributed by atoms with Crippen LogP contribution in [-0.4, -0.2) is 49.8 Å². The third-order valence-electron chi connectivity index (χ3n) is 6.30. The predicted molar refractivity (Wildman–Crippen MR) is 120 cm³/mol. The number of nitrogens with two attached hydrogens (primary N) is 1. The summed E-state index contributed by atoms with van der Waals surface area (Å²) in [5.74, 6) is 1.37. The first-order valence-electron chi connectivity index (χ1n) is 10.9. The molecule has 1 amide bonds. The molecule has 4 aromatic rings. The molecular weight excluding hydrogens is 406 g/mol. The van der Waals surface area contributed by atoms with Crippen molar-refractivity contribution < 1.29 is 9.53 Å². The summed E-state index contributed by atoms with van der Waals surface area (Å²) in [5, 5.41) is 6.81. The van der Waals surface area contributed by atoms with Gasteiger partial charge in [0.2, 0.25) is 5.91 Å². The first-order chi connectivity index (χ1) is 15.7. The van der Waals surface area contributed by atoms with Gasteiger partial charge in [-0.05, 0) is 37.5 Å². The monoisotopic (exact) mass is 429 g/mol. The number of amides is 1. The topological polar surface area (TPSA) is 115 Å². The maximum atomic E-state index is 11.9. The Bertz CT molecular complexity index is 1290. The number of hydrogen-bond acceptors (Lipinski definition) is 6. The lowest BCUT2D eigenvalue weighted by atomic mass is 10.2. The Balaban J connectivity index is 1.46. The Labute approximate surface area is 184 Å². The average Bonchev–Trinajstić information content (AvgIpc) is 3.53. The molecule has 162 valence electrons. The molecular formula is C23H23N7O2. The zero-order chi connectivity index (χ0) is 21.7. The molecule has 6 rings (SSSR count). The van der Waals surface area contributed by atoms with Crippen molar-refractivity contribution >= 4 is 22.6 Å². The number of benzene rings is 1. The van der Waals surface area contributed by atoms with E-state index < -0.39 is 0 Å². The standard InChI is InChI=1S/C23H23N7O2/c24-22(31)19-3-1-6-29(19)16-9-18-21-20(10-16)32-8-2-7-30(21)23(28-18)14-4-5-17(25-11-14)15-12-26-27-13-15/h4-5,9-13,19H,1-3,6-8H2,(H2,24,31)(H,26,27)/t19-/m0/s1. The molecule has 0 radical (unpaired) electrons. The van der Waals surface area contributed by atoms with Crippen LogP contribution in [0.3, 0.4) is 0 Å². The summed E-state index contributed by atoms with van der Waals surface area (Å²) in [5.41, 5.74) is 11.2. The number of rotatable bonds is 4. The van der Waals surface area contributed by atoms with E-state index in [1.807, 2.05) is 36.7 Å². The third kappa shape index (κ3) is 3.00. The van der Waals surface area contributed by atoms with Crippen molar-refractivity contribution in [1.29, 1.82) is 0 Å². The summed E-state index contributed by atoms with van der Waals surface area (Å²) < 4.78 is 8.32. The van der Waals surface area contributed by atoms with Gasteiger partial charge in [0.1, 0.15) is 23.1 Å². The van der Waals surface area contributed by atoms with Gasteiger partial charge in [-0.3, -0.25) is 14.9 Å². The molecule has 1 fully saturated rings. The summed E-state index contributed by atoms with van der Waals surface area (Å²) in [7, 11) is 0. The molecule has 3 aromatic heterocycles. The minimum atomic E-state index is -0.288. The van der Waals surface area contributed by atoms with Crippen LogP contribution >= 0.6 is 0 Å². The molecule has 3 N–H and O–H groups in total. The van der Waals surface area contributed by atoms with Crippen LogP contribution in [0.2, 0.25) is 0 Å². The van der Waals surface area contributed by atoms with Gasteiger partial charge in [0.05, 0.1) is 24.0 Å². The number of hydrogen-bond donors (Lipinski definition) is 2. The molecule has 9 heteroatoms. The molecule has 2 aliphatic heterocycles. The van der Waals surface area contributed by atoms with Gasteiger partial charge in [-0.1, -0.05) is 0 Å². The van der Waals surface area contributed by atoms with Gasteiger partial charge < -0.3 is 19.9 Å². The number of aromatic amines is 1. The fourth-order valence-corrected chi connectivity index (χ4v) is 4.79. The average molecular weight is 429 g/mol. The number of primary amides is 1. The van der Waals surface area contributed by atoms with Crippen LogP contribution in [0, 0.1) is 0 Å². The van der Waals surface area contributed by atoms with Crippen LogP contribution in [0.5, 0.6) is 5.75 Å². The lowest BCUT2D eigenvalue weighted by Crippen LogP contribution is -2.40. The first-order valence-corrected chi connectivity index (χ1v) is 10.9. The van der Waals surface area contributed by atoms with Crippen LogP contribution in [0.15, 0.2) is 42.9 Å². The number of carbonyl (C=O) groups is 1. The normalized spacial score (nSPS) is 18.0. The lowest BCUT2D eigenvalue weighted by molar-refractivity contribution is -0.119. The number of H-pyrrole nitrogens is 1. The maximum Gasteiger partial charge on any atom is 0.240 e. The van der Waals surface area contributed by atoms with E-state index >= 15 is 0 Å². The number of imidazole rings is 1. The lowest BCUT2D eigenvalue weighted by Gasteiger charge is -2.25. The number of nitrogens with zero attached hydrogens (tertiary/aromatic N) is 5. The second kappa shape index (κ2) is 7.37. The summed E-state index contributed by atoms with van der Waals surface area (Å²) in [6.45, 7) is 2.25. The quantitative estimate of drug-likeness (QED) is 0.515. The highest BCUT2D eigenvalue weighted by Gasteiger charge is 2.31. The molecule has 0 bridgehead atoms. The van der Waals surface area contributed by atoms with E-state index in [0.717, 1.165) is 77.5 Å². The number of pyridine rings is 1. The zero-order valence-electron chi connectivity index (χ0n) is 17.5. The number of ether oxygens (including phenoxy) is 1. The van der Waals surface area contributed by atoms with E-state index in [4.69, 9.17) is 15.5 Å². The fraction of sp³-hybridized carbons (Fsp3) is 0.304. The molecule has 0 aliphatic carbocycles.